The van der Waals surface area contributed by atoms with Crippen LogP contribution in [0.3, 0.4) is 0 Å². The van der Waals surface area contributed by atoms with Crippen LogP contribution in [0.2, 0.25) is 0 Å². The molecule has 0 saturated heterocycles. The maximum Gasteiger partial charge on any atom is 0.271 e. The van der Waals surface area contributed by atoms with Gasteiger partial charge in [0.25, 0.3) is 5.69 Å². The predicted octanol–water partition coefficient (Wildman–Crippen LogP) is 4.42. The number of rotatable bonds is 8. The Bertz CT molecular complexity index is 377. The average molecular weight is 287 g/mol. The Kier molecular flexibility index (Phi) is 8.96. The zero-order valence-electron chi connectivity index (χ0n) is 11.7. The summed E-state index contributed by atoms with van der Waals surface area (Å²) in [4.78, 5) is 12.7. The lowest BCUT2D eigenvalue weighted by Gasteiger charge is -2.24. The lowest BCUT2D eigenvalue weighted by atomic mass is 10.2. The van der Waals surface area contributed by atoms with Gasteiger partial charge in [0.15, 0.2) is 0 Å². The summed E-state index contributed by atoms with van der Waals surface area (Å²) >= 11 is 0. The quantitative estimate of drug-likeness (QED) is 0.525. The molecule has 108 valence electrons. The number of non-ortho nitro benzene ring substituents is 1. The van der Waals surface area contributed by atoms with E-state index >= 15 is 0 Å². The topological polar surface area (TPSA) is 46.4 Å². The highest BCUT2D eigenvalue weighted by atomic mass is 35.5. The van der Waals surface area contributed by atoms with Crippen LogP contribution in [-0.2, 0) is 0 Å². The highest BCUT2D eigenvalue weighted by Gasteiger charge is 2.10. The average Bonchev–Trinajstić information content (AvgIpc) is 2.39. The molecule has 0 unspecified atom stereocenters. The molecule has 0 heterocycles. The molecule has 5 heteroatoms. The first-order valence-electron chi connectivity index (χ1n) is 6.68. The Labute approximate surface area is 121 Å². The summed E-state index contributed by atoms with van der Waals surface area (Å²) in [6, 6.07) is 6.93. The van der Waals surface area contributed by atoms with E-state index in [0.717, 1.165) is 44.5 Å². The van der Waals surface area contributed by atoms with E-state index in [2.05, 4.69) is 18.7 Å². The van der Waals surface area contributed by atoms with E-state index in [0.29, 0.717) is 0 Å². The Balaban J connectivity index is 0.00000324. The van der Waals surface area contributed by atoms with Crippen molar-refractivity contribution < 1.29 is 4.92 Å². The third kappa shape index (κ3) is 5.92. The van der Waals surface area contributed by atoms with Crippen molar-refractivity contribution in [3.63, 3.8) is 0 Å². The first kappa shape index (κ1) is 17.7. The number of nitro benzene ring substituents is 1. The third-order valence-electron chi connectivity index (χ3n) is 2.97. The van der Waals surface area contributed by atoms with Gasteiger partial charge in [-0.25, -0.2) is 0 Å². The Hall–Kier alpha value is -1.29. The molecule has 0 N–H and O–H groups in total. The Morgan fingerprint density at radius 2 is 1.74 bits per heavy atom. The van der Waals surface area contributed by atoms with Crippen LogP contribution in [0, 0.1) is 10.1 Å². The third-order valence-corrected chi connectivity index (χ3v) is 2.97. The second kappa shape index (κ2) is 9.62. The van der Waals surface area contributed by atoms with Crippen LogP contribution in [0.15, 0.2) is 24.3 Å². The van der Waals surface area contributed by atoms with Crippen LogP contribution in [0.1, 0.15) is 39.5 Å². The fraction of sp³-hybridized carbons (Fsp3) is 0.571. The number of benzene rings is 1. The fourth-order valence-corrected chi connectivity index (χ4v) is 1.87. The molecule has 19 heavy (non-hydrogen) atoms. The fourth-order valence-electron chi connectivity index (χ4n) is 1.87. The number of halogens is 1. The zero-order chi connectivity index (χ0) is 13.4. The summed E-state index contributed by atoms with van der Waals surface area (Å²) in [6.07, 6.45) is 4.51. The zero-order valence-corrected chi connectivity index (χ0v) is 12.5. The van der Waals surface area contributed by atoms with Crippen molar-refractivity contribution in [2.45, 2.75) is 39.5 Å². The standard InChI is InChI=1S/C14H22N2O2.ClH/c1-3-5-10-15(11-6-4-2)13-8-7-9-14(12-13)16(17)18;/h7-9,12H,3-6,10-11H2,1-2H3;1H. The minimum Gasteiger partial charge on any atom is -0.371 e. The van der Waals surface area contributed by atoms with Crippen molar-refractivity contribution in [2.24, 2.45) is 0 Å². The van der Waals surface area contributed by atoms with E-state index in [1.54, 1.807) is 18.2 Å². The number of unbranched alkanes of at least 4 members (excludes halogenated alkanes) is 2. The number of anilines is 1. The molecule has 0 fully saturated rings. The van der Waals surface area contributed by atoms with Crippen molar-refractivity contribution in [1.29, 1.82) is 0 Å². The van der Waals surface area contributed by atoms with E-state index in [1.807, 2.05) is 6.07 Å². The molecule has 0 aliphatic carbocycles. The predicted molar refractivity (Wildman–Crippen MR) is 82.4 cm³/mol. The molecule has 0 saturated carbocycles. The van der Waals surface area contributed by atoms with Crippen LogP contribution >= 0.6 is 12.4 Å². The second-order valence-corrected chi connectivity index (χ2v) is 4.47. The molecule has 0 aromatic heterocycles. The molecule has 0 atom stereocenters. The lowest BCUT2D eigenvalue weighted by Crippen LogP contribution is -2.25. The number of nitro groups is 1. The van der Waals surface area contributed by atoms with Crippen LogP contribution in [0.25, 0.3) is 0 Å². The van der Waals surface area contributed by atoms with Gasteiger partial charge in [0.2, 0.25) is 0 Å². The molecule has 1 rings (SSSR count). The molecule has 0 spiro atoms. The lowest BCUT2D eigenvalue weighted by molar-refractivity contribution is -0.384. The second-order valence-electron chi connectivity index (χ2n) is 4.47. The molecule has 0 radical (unpaired) electrons. The number of nitrogens with zero attached hydrogens (tertiary/aromatic N) is 2. The van der Waals surface area contributed by atoms with Crippen molar-refractivity contribution >= 4 is 23.8 Å². The van der Waals surface area contributed by atoms with Crippen molar-refractivity contribution in [3.8, 4) is 0 Å². The van der Waals surface area contributed by atoms with Gasteiger partial charge >= 0.3 is 0 Å². The highest BCUT2D eigenvalue weighted by molar-refractivity contribution is 5.85. The van der Waals surface area contributed by atoms with Crippen LogP contribution in [0.4, 0.5) is 11.4 Å². The maximum atomic E-state index is 10.8. The number of hydrogen-bond acceptors (Lipinski definition) is 3. The summed E-state index contributed by atoms with van der Waals surface area (Å²) in [6.45, 7) is 6.26. The van der Waals surface area contributed by atoms with Crippen LogP contribution in [0.5, 0.6) is 0 Å². The van der Waals surface area contributed by atoms with Gasteiger partial charge in [0.1, 0.15) is 0 Å². The summed E-state index contributed by atoms with van der Waals surface area (Å²) in [5, 5.41) is 10.8. The van der Waals surface area contributed by atoms with Gasteiger partial charge in [-0.1, -0.05) is 32.8 Å². The van der Waals surface area contributed by atoms with Gasteiger partial charge in [-0.05, 0) is 18.9 Å². The molecule has 0 bridgehead atoms. The van der Waals surface area contributed by atoms with Crippen LogP contribution < -0.4 is 4.90 Å². The normalized spacial score (nSPS) is 9.79. The molecular weight excluding hydrogens is 264 g/mol. The summed E-state index contributed by atoms with van der Waals surface area (Å²) in [5.74, 6) is 0. The van der Waals surface area contributed by atoms with E-state index in [4.69, 9.17) is 0 Å². The molecule has 1 aromatic rings. The van der Waals surface area contributed by atoms with Crippen molar-refractivity contribution in [3.05, 3.63) is 34.4 Å². The summed E-state index contributed by atoms with van der Waals surface area (Å²) in [7, 11) is 0. The molecule has 0 amide bonds. The minimum absolute atomic E-state index is 0. The van der Waals surface area contributed by atoms with Gasteiger partial charge < -0.3 is 4.90 Å². The first-order valence-corrected chi connectivity index (χ1v) is 6.68. The molecule has 0 aliphatic heterocycles. The molecule has 1 aromatic carbocycles. The van der Waals surface area contributed by atoms with Gasteiger partial charge in [-0.3, -0.25) is 10.1 Å². The van der Waals surface area contributed by atoms with E-state index in [-0.39, 0.29) is 23.0 Å². The maximum absolute atomic E-state index is 10.8. The van der Waals surface area contributed by atoms with Crippen molar-refractivity contribution in [1.82, 2.24) is 0 Å². The Morgan fingerprint density at radius 3 is 2.21 bits per heavy atom. The van der Waals surface area contributed by atoms with Gasteiger partial charge in [0, 0.05) is 30.9 Å². The SMILES string of the molecule is CCCCN(CCCC)c1cccc([N+](=O)[O-])c1.Cl. The smallest absolute Gasteiger partial charge is 0.271 e. The van der Waals surface area contributed by atoms with Gasteiger partial charge in [-0.15, -0.1) is 12.4 Å². The van der Waals surface area contributed by atoms with Gasteiger partial charge in [-0.2, -0.15) is 0 Å². The summed E-state index contributed by atoms with van der Waals surface area (Å²) < 4.78 is 0. The first-order chi connectivity index (χ1) is 8.69. The highest BCUT2D eigenvalue weighted by Crippen LogP contribution is 2.21. The van der Waals surface area contributed by atoms with E-state index < -0.39 is 0 Å². The minimum atomic E-state index is -0.332. The number of hydrogen-bond donors (Lipinski definition) is 0. The largest absolute Gasteiger partial charge is 0.371 e. The summed E-state index contributed by atoms with van der Waals surface area (Å²) in [5.41, 5.74) is 1.14. The molecule has 4 nitrogen and oxygen atoms in total. The van der Waals surface area contributed by atoms with Crippen molar-refractivity contribution in [2.75, 3.05) is 18.0 Å². The van der Waals surface area contributed by atoms with E-state index in [9.17, 15) is 10.1 Å². The van der Waals surface area contributed by atoms with E-state index in [1.165, 1.54) is 0 Å². The molecule has 0 aliphatic rings. The van der Waals surface area contributed by atoms with Gasteiger partial charge in [0.05, 0.1) is 4.92 Å². The Morgan fingerprint density at radius 1 is 1.16 bits per heavy atom. The van der Waals surface area contributed by atoms with Crippen LogP contribution in [-0.4, -0.2) is 18.0 Å². The molecular formula is C14H23ClN2O2. The monoisotopic (exact) mass is 286 g/mol.